The fourth-order valence-electron chi connectivity index (χ4n) is 1.92. The highest BCUT2D eigenvalue weighted by Gasteiger charge is 2.15. The first kappa shape index (κ1) is 15.0. The number of carbonyl (C=O) groups is 1. The predicted octanol–water partition coefficient (Wildman–Crippen LogP) is 2.00. The van der Waals surface area contributed by atoms with Crippen molar-refractivity contribution >= 4 is 17.7 Å². The maximum atomic E-state index is 10.9. The van der Waals surface area contributed by atoms with Crippen molar-refractivity contribution in [2.75, 3.05) is 26.0 Å². The number of hydrogen-bond donors (Lipinski definition) is 2. The molecule has 0 saturated carbocycles. The van der Waals surface area contributed by atoms with Crippen LogP contribution in [-0.4, -0.2) is 43.1 Å². The molecular formula is C14H19NO4S. The van der Waals surface area contributed by atoms with E-state index in [1.165, 1.54) is 0 Å². The smallest absolute Gasteiger partial charge is 0.320 e. The van der Waals surface area contributed by atoms with Gasteiger partial charge in [-0.25, -0.2) is 0 Å². The highest BCUT2D eigenvalue weighted by atomic mass is 32.2. The van der Waals surface area contributed by atoms with E-state index in [1.54, 1.807) is 18.8 Å². The van der Waals surface area contributed by atoms with Gasteiger partial charge in [0, 0.05) is 17.1 Å². The van der Waals surface area contributed by atoms with E-state index in [0.717, 1.165) is 28.6 Å². The van der Waals surface area contributed by atoms with Crippen LogP contribution < -0.4 is 14.8 Å². The topological polar surface area (TPSA) is 67.8 Å². The first-order chi connectivity index (χ1) is 9.70. The second-order valence-corrected chi connectivity index (χ2v) is 5.64. The first-order valence-corrected chi connectivity index (χ1v) is 7.62. The number of nitrogens with one attached hydrogen (secondary N) is 1. The maximum absolute atomic E-state index is 10.9. The number of benzene rings is 1. The molecule has 0 fully saturated rings. The predicted molar refractivity (Wildman–Crippen MR) is 77.9 cm³/mol. The Morgan fingerprint density at radius 3 is 2.85 bits per heavy atom. The van der Waals surface area contributed by atoms with Crippen molar-refractivity contribution in [3.63, 3.8) is 0 Å². The quantitative estimate of drug-likeness (QED) is 0.783. The van der Waals surface area contributed by atoms with Crippen molar-refractivity contribution in [3.05, 3.63) is 18.2 Å². The first-order valence-electron chi connectivity index (χ1n) is 6.63. The zero-order valence-electron chi connectivity index (χ0n) is 11.4. The average molecular weight is 297 g/mol. The normalized spacial score (nSPS) is 15.4. The molecule has 1 aliphatic heterocycles. The van der Waals surface area contributed by atoms with E-state index in [9.17, 15) is 4.79 Å². The van der Waals surface area contributed by atoms with Crippen LogP contribution in [0, 0.1) is 0 Å². The molecular weight excluding hydrogens is 278 g/mol. The fraction of sp³-hybridized carbons (Fsp3) is 0.500. The zero-order chi connectivity index (χ0) is 14.4. The second-order valence-electron chi connectivity index (χ2n) is 4.48. The molecule has 0 spiro atoms. The second kappa shape index (κ2) is 7.40. The van der Waals surface area contributed by atoms with Gasteiger partial charge in [-0.1, -0.05) is 0 Å². The molecule has 1 atom stereocenters. The lowest BCUT2D eigenvalue weighted by Crippen LogP contribution is -2.34. The van der Waals surface area contributed by atoms with Crippen LogP contribution >= 0.6 is 11.8 Å². The lowest BCUT2D eigenvalue weighted by Gasteiger charge is -2.11. The van der Waals surface area contributed by atoms with Crippen LogP contribution in [-0.2, 0) is 4.79 Å². The van der Waals surface area contributed by atoms with E-state index < -0.39 is 12.0 Å². The lowest BCUT2D eigenvalue weighted by atomic mass is 10.2. The molecule has 110 valence electrons. The molecule has 2 N–H and O–H groups in total. The molecule has 1 aliphatic rings. The third kappa shape index (κ3) is 4.05. The zero-order valence-corrected chi connectivity index (χ0v) is 12.2. The largest absolute Gasteiger partial charge is 0.490 e. The Balaban J connectivity index is 1.90. The van der Waals surface area contributed by atoms with Crippen LogP contribution in [0.1, 0.15) is 12.8 Å². The van der Waals surface area contributed by atoms with Crippen LogP contribution in [0.15, 0.2) is 23.1 Å². The summed E-state index contributed by atoms with van der Waals surface area (Å²) in [5, 5.41) is 11.7. The summed E-state index contributed by atoms with van der Waals surface area (Å²) < 4.78 is 11.2. The summed E-state index contributed by atoms with van der Waals surface area (Å²) in [6.07, 6.45) is 1.46. The number of likely N-dealkylation sites (N-methyl/N-ethyl adjacent to an activating group) is 1. The molecule has 0 aromatic heterocycles. The standard InChI is InChI=1S/C14H19NO4S/c1-15-11(14(16)17)5-8-20-10-3-4-12-13(9-10)19-7-2-6-18-12/h3-4,9,11,15H,2,5-8H2,1H3,(H,16,17). The molecule has 0 amide bonds. The Morgan fingerprint density at radius 1 is 1.40 bits per heavy atom. The van der Waals surface area contributed by atoms with Crippen LogP contribution in [0.25, 0.3) is 0 Å². The van der Waals surface area contributed by atoms with Crippen molar-refractivity contribution in [2.24, 2.45) is 0 Å². The SMILES string of the molecule is CNC(CCSc1ccc2c(c1)OCCCO2)C(=O)O. The van der Waals surface area contributed by atoms with Gasteiger partial charge in [-0.2, -0.15) is 0 Å². The molecule has 0 saturated heterocycles. The maximum Gasteiger partial charge on any atom is 0.320 e. The van der Waals surface area contributed by atoms with Gasteiger partial charge in [-0.05, 0) is 31.7 Å². The molecule has 1 aromatic carbocycles. The Bertz CT molecular complexity index is 466. The molecule has 20 heavy (non-hydrogen) atoms. The van der Waals surface area contributed by atoms with Crippen molar-refractivity contribution in [1.82, 2.24) is 5.32 Å². The number of thioether (sulfide) groups is 1. The van der Waals surface area contributed by atoms with E-state index in [-0.39, 0.29) is 0 Å². The monoisotopic (exact) mass is 297 g/mol. The van der Waals surface area contributed by atoms with E-state index in [0.29, 0.717) is 19.6 Å². The van der Waals surface area contributed by atoms with Crippen LogP contribution in [0.5, 0.6) is 11.5 Å². The van der Waals surface area contributed by atoms with Gasteiger partial charge >= 0.3 is 5.97 Å². The van der Waals surface area contributed by atoms with Crippen molar-refractivity contribution in [3.8, 4) is 11.5 Å². The van der Waals surface area contributed by atoms with E-state index in [1.807, 2.05) is 18.2 Å². The Morgan fingerprint density at radius 2 is 2.15 bits per heavy atom. The molecule has 1 heterocycles. The summed E-state index contributed by atoms with van der Waals surface area (Å²) in [6, 6.07) is 5.35. The third-order valence-corrected chi connectivity index (χ3v) is 4.07. The van der Waals surface area contributed by atoms with Gasteiger partial charge < -0.3 is 19.9 Å². The number of fused-ring (bicyclic) bond motifs is 1. The Hall–Kier alpha value is -1.40. The summed E-state index contributed by atoms with van der Waals surface area (Å²) in [6.45, 7) is 1.35. The molecule has 0 bridgehead atoms. The van der Waals surface area contributed by atoms with E-state index in [4.69, 9.17) is 14.6 Å². The van der Waals surface area contributed by atoms with Crippen LogP contribution in [0.3, 0.4) is 0 Å². The van der Waals surface area contributed by atoms with Crippen LogP contribution in [0.4, 0.5) is 0 Å². The fourth-order valence-corrected chi connectivity index (χ4v) is 2.86. The average Bonchev–Trinajstić information content (AvgIpc) is 2.67. The molecule has 5 nitrogen and oxygen atoms in total. The minimum atomic E-state index is -0.813. The van der Waals surface area contributed by atoms with E-state index in [2.05, 4.69) is 5.32 Å². The summed E-state index contributed by atoms with van der Waals surface area (Å²) >= 11 is 1.62. The Kier molecular flexibility index (Phi) is 5.55. The van der Waals surface area contributed by atoms with Gasteiger partial charge in [-0.15, -0.1) is 11.8 Å². The van der Waals surface area contributed by atoms with Crippen molar-refractivity contribution < 1.29 is 19.4 Å². The van der Waals surface area contributed by atoms with Crippen molar-refractivity contribution in [2.45, 2.75) is 23.8 Å². The summed E-state index contributed by atoms with van der Waals surface area (Å²) in [5.74, 6) is 1.48. The number of ether oxygens (including phenoxy) is 2. The number of rotatable bonds is 6. The summed E-state index contributed by atoms with van der Waals surface area (Å²) in [4.78, 5) is 12.0. The van der Waals surface area contributed by atoms with Crippen LogP contribution in [0.2, 0.25) is 0 Å². The highest BCUT2D eigenvalue weighted by molar-refractivity contribution is 7.99. The van der Waals surface area contributed by atoms with Gasteiger partial charge in [0.15, 0.2) is 11.5 Å². The van der Waals surface area contributed by atoms with Gasteiger partial charge in [0.05, 0.1) is 13.2 Å². The molecule has 6 heteroatoms. The van der Waals surface area contributed by atoms with E-state index >= 15 is 0 Å². The minimum absolute atomic E-state index is 0.497. The van der Waals surface area contributed by atoms with Crippen molar-refractivity contribution in [1.29, 1.82) is 0 Å². The number of hydrogen-bond acceptors (Lipinski definition) is 5. The molecule has 1 aromatic rings. The highest BCUT2D eigenvalue weighted by Crippen LogP contribution is 2.34. The molecule has 0 radical (unpaired) electrons. The lowest BCUT2D eigenvalue weighted by molar-refractivity contribution is -0.139. The molecule has 2 rings (SSSR count). The number of carboxylic acids is 1. The minimum Gasteiger partial charge on any atom is -0.490 e. The Labute approximate surface area is 122 Å². The van der Waals surface area contributed by atoms with Gasteiger partial charge in [0.1, 0.15) is 6.04 Å². The third-order valence-electron chi connectivity index (χ3n) is 3.04. The number of carboxylic acid groups (broad SMARTS) is 1. The van der Waals surface area contributed by atoms with Gasteiger partial charge in [0.2, 0.25) is 0 Å². The van der Waals surface area contributed by atoms with Gasteiger partial charge in [-0.3, -0.25) is 4.79 Å². The molecule has 1 unspecified atom stereocenters. The number of aliphatic carboxylic acids is 1. The summed E-state index contributed by atoms with van der Waals surface area (Å²) in [7, 11) is 1.66. The summed E-state index contributed by atoms with van der Waals surface area (Å²) in [5.41, 5.74) is 0. The molecule has 0 aliphatic carbocycles. The van der Waals surface area contributed by atoms with Gasteiger partial charge in [0.25, 0.3) is 0 Å².